The molecule has 7 heteroatoms. The molecule has 0 unspecified atom stereocenters. The first-order valence-corrected chi connectivity index (χ1v) is 26.5. The van der Waals surface area contributed by atoms with Gasteiger partial charge in [0.2, 0.25) is 0 Å². The zero-order valence-corrected chi connectivity index (χ0v) is 44.0. The van der Waals surface area contributed by atoms with E-state index in [0.29, 0.717) is 0 Å². The van der Waals surface area contributed by atoms with Gasteiger partial charge in [-0.05, 0) is 57.8 Å². The van der Waals surface area contributed by atoms with Crippen LogP contribution in [0.25, 0.3) is 43.8 Å². The minimum atomic E-state index is -4.07. The van der Waals surface area contributed by atoms with E-state index < -0.39 is 12.6 Å². The predicted octanol–water partition coefficient (Wildman–Crippen LogP) is 18.0. The molecular weight excluding hydrogens is 920 g/mol. The molecule has 2 radical (unpaired) electrons. The molecule has 6 aromatic carbocycles. The standard InChI is InChI=1S/2C26H31.C3H4F3.CH3.2ClH.Si.Zr/c2*1-26(2,3)23-14-12-21(13-15-23)24-11-7-10-22-17-20(18-25(22)24)16-19-8-5-4-6-9-19;1-2-3(4,5)6;;;;;/h2*7,10-15,17-19H,4-6,8-9,16H2,1-3H3;1-2H2;1H3;2*1H;;/q4*-1;;;;. The van der Waals surface area contributed by atoms with Crippen LogP contribution in [0, 0.1) is 26.2 Å². The Morgan fingerprint density at radius 3 is 1.16 bits per heavy atom. The average molecular weight is 991 g/mol. The summed E-state index contributed by atoms with van der Waals surface area (Å²) in [5, 5.41) is 5.63. The Labute approximate surface area is 408 Å². The van der Waals surface area contributed by atoms with E-state index in [9.17, 15) is 13.2 Å². The van der Waals surface area contributed by atoms with E-state index in [1.54, 1.807) is 0 Å². The third kappa shape index (κ3) is 16.7. The van der Waals surface area contributed by atoms with Crippen molar-refractivity contribution in [3.05, 3.63) is 146 Å². The van der Waals surface area contributed by atoms with Gasteiger partial charge in [0.05, 0.1) is 0 Å². The summed E-state index contributed by atoms with van der Waals surface area (Å²) in [4.78, 5) is 0. The molecule has 63 heavy (non-hydrogen) atoms. The van der Waals surface area contributed by atoms with Crippen LogP contribution in [0.4, 0.5) is 13.2 Å². The summed E-state index contributed by atoms with van der Waals surface area (Å²) in [7, 11) is 0. The fraction of sp³-hybridized carbons (Fsp3) is 0.429. The van der Waals surface area contributed by atoms with Gasteiger partial charge >= 0.3 is 36.4 Å². The zero-order valence-electron chi connectivity index (χ0n) is 38.9. The van der Waals surface area contributed by atoms with Crippen LogP contribution in [0.5, 0.6) is 0 Å². The van der Waals surface area contributed by atoms with E-state index in [1.165, 1.54) is 166 Å². The summed E-state index contributed by atoms with van der Waals surface area (Å²) in [6.07, 6.45) is 11.7. The van der Waals surface area contributed by atoms with E-state index in [4.69, 9.17) is 0 Å². The van der Waals surface area contributed by atoms with Crippen LogP contribution in [-0.2, 0) is 47.0 Å². The number of alkyl halides is 3. The molecular formula is C56H71Cl2F3SiZr-4. The molecule has 2 fully saturated rings. The van der Waals surface area contributed by atoms with Crippen LogP contribution >= 0.6 is 24.8 Å². The monoisotopic (exact) mass is 988 g/mol. The summed E-state index contributed by atoms with van der Waals surface area (Å²) < 4.78 is 32.2. The van der Waals surface area contributed by atoms with Gasteiger partial charge in [-0.15, -0.1) is 93.9 Å². The Morgan fingerprint density at radius 1 is 0.556 bits per heavy atom. The van der Waals surface area contributed by atoms with E-state index in [0.717, 1.165) is 11.8 Å². The molecule has 0 nitrogen and oxygen atoms in total. The quantitative estimate of drug-likeness (QED) is 0.115. The molecule has 0 aromatic heterocycles. The number of halogens is 5. The first-order valence-electron chi connectivity index (χ1n) is 22.3. The molecule has 342 valence electrons. The van der Waals surface area contributed by atoms with Gasteiger partial charge in [-0.2, -0.15) is 25.3 Å². The molecule has 2 aliphatic rings. The Morgan fingerprint density at radius 2 is 0.873 bits per heavy atom. The summed E-state index contributed by atoms with van der Waals surface area (Å²) >= 11 is 1.36. The molecule has 0 heterocycles. The second-order valence-corrected chi connectivity index (χ2v) is 19.3. The topological polar surface area (TPSA) is 0 Å². The zero-order chi connectivity index (χ0) is 43.5. The molecule has 0 saturated heterocycles. The molecule has 0 N–H and O–H groups in total. The Kier molecular flexibility index (Phi) is 23.4. The van der Waals surface area contributed by atoms with Gasteiger partial charge in [0, 0.05) is 0 Å². The van der Waals surface area contributed by atoms with E-state index in [1.807, 2.05) is 0 Å². The molecule has 0 aliphatic heterocycles. The molecule has 0 amide bonds. The van der Waals surface area contributed by atoms with Crippen molar-refractivity contribution in [2.75, 3.05) is 0 Å². The second kappa shape index (κ2) is 26.0. The average Bonchev–Trinajstić information content (AvgIpc) is 3.85. The number of rotatable bonds is 6. The SMILES string of the molecule is CC(C)(C)c1ccc(-c2cccc3[cH-]c(CC4CCCCC4)cc23)cc1.CC(C)(C)c1ccc(-c2cccc3[cH-]c(CC4CCCCC4)cc23)cc1.Cl.Cl.[CH2-]CC(F)(F)F.[CH3-].[Si]=[Zr]. The van der Waals surface area contributed by atoms with Crippen LogP contribution < -0.4 is 0 Å². The van der Waals surface area contributed by atoms with Crippen LogP contribution in [0.2, 0.25) is 0 Å². The van der Waals surface area contributed by atoms with Crippen molar-refractivity contribution in [2.45, 2.75) is 142 Å². The second-order valence-electron chi connectivity index (χ2n) is 19.3. The third-order valence-electron chi connectivity index (χ3n) is 12.5. The number of hydrogen-bond acceptors (Lipinski definition) is 0. The van der Waals surface area contributed by atoms with Crippen LogP contribution in [0.1, 0.15) is 134 Å². The molecule has 0 bridgehead atoms. The van der Waals surface area contributed by atoms with Gasteiger partial charge in [0.15, 0.2) is 0 Å². The maximum absolute atomic E-state index is 10.7. The van der Waals surface area contributed by atoms with Crippen molar-refractivity contribution < 1.29 is 36.5 Å². The summed E-state index contributed by atoms with van der Waals surface area (Å²) in [5.74, 6) is 1.80. The fourth-order valence-corrected chi connectivity index (χ4v) is 9.08. The van der Waals surface area contributed by atoms with Crippen molar-refractivity contribution in [3.8, 4) is 22.3 Å². The van der Waals surface area contributed by atoms with Crippen molar-refractivity contribution in [1.82, 2.24) is 0 Å². The summed E-state index contributed by atoms with van der Waals surface area (Å²) in [5.41, 5.74) is 11.7. The maximum atomic E-state index is 10.7. The normalized spacial score (nSPS) is 14.6. The predicted molar refractivity (Wildman–Crippen MR) is 271 cm³/mol. The van der Waals surface area contributed by atoms with Gasteiger partial charge in [-0.25, -0.2) is 0 Å². The van der Waals surface area contributed by atoms with Crippen LogP contribution in [0.3, 0.4) is 0 Å². The van der Waals surface area contributed by atoms with Crippen molar-refractivity contribution >= 4 is 53.2 Å². The van der Waals surface area contributed by atoms with Gasteiger partial charge in [-0.3, -0.25) is 0 Å². The fourth-order valence-electron chi connectivity index (χ4n) is 9.08. The first kappa shape index (κ1) is 56.7. The van der Waals surface area contributed by atoms with Crippen molar-refractivity contribution in [1.29, 1.82) is 0 Å². The number of fused-ring (bicyclic) bond motifs is 2. The first-order chi connectivity index (χ1) is 28.6. The van der Waals surface area contributed by atoms with E-state index >= 15 is 0 Å². The molecule has 2 aliphatic carbocycles. The van der Waals surface area contributed by atoms with Crippen molar-refractivity contribution in [3.63, 3.8) is 0 Å². The number of benzene rings is 4. The van der Waals surface area contributed by atoms with E-state index in [2.05, 4.69) is 165 Å². The Bertz CT molecular complexity index is 2060. The molecule has 8 rings (SSSR count). The summed E-state index contributed by atoms with van der Waals surface area (Å²) in [6, 6.07) is 41.6. The van der Waals surface area contributed by atoms with Crippen molar-refractivity contribution in [2.24, 2.45) is 11.8 Å². The number of hydrogen-bond donors (Lipinski definition) is 0. The van der Waals surface area contributed by atoms with Crippen LogP contribution in [0.15, 0.2) is 109 Å². The Hall–Kier alpha value is -2.43. The Balaban J connectivity index is 0.000000357. The minimum absolute atomic E-state index is 0. The third-order valence-corrected chi connectivity index (χ3v) is 12.5. The van der Waals surface area contributed by atoms with Gasteiger partial charge < -0.3 is 14.4 Å². The molecule has 0 spiro atoms. The summed E-state index contributed by atoms with van der Waals surface area (Å²) in [6.45, 7) is 19.3. The van der Waals surface area contributed by atoms with E-state index in [-0.39, 0.29) is 43.1 Å². The molecule has 2 saturated carbocycles. The van der Waals surface area contributed by atoms with Gasteiger partial charge in [0.1, 0.15) is 0 Å². The van der Waals surface area contributed by atoms with Crippen LogP contribution in [-0.4, -0.2) is 13.1 Å². The van der Waals surface area contributed by atoms with Gasteiger partial charge in [0.25, 0.3) is 0 Å². The van der Waals surface area contributed by atoms with Gasteiger partial charge in [-0.1, -0.05) is 184 Å². The molecule has 6 aromatic rings. The molecule has 0 atom stereocenters.